The number of benzene rings is 1. The van der Waals surface area contributed by atoms with Crippen LogP contribution in [-0.2, 0) is 6.42 Å². The second-order valence-corrected chi connectivity index (χ2v) is 5.10. The molecule has 0 spiro atoms. The van der Waals surface area contributed by atoms with Crippen LogP contribution in [0.3, 0.4) is 0 Å². The fourth-order valence-electron chi connectivity index (χ4n) is 2.43. The molecule has 1 N–H and O–H groups in total. The van der Waals surface area contributed by atoms with Crippen molar-refractivity contribution in [1.29, 1.82) is 0 Å². The summed E-state index contributed by atoms with van der Waals surface area (Å²) in [6.07, 6.45) is 3.97. The number of aliphatic hydroxyl groups is 1. The maximum absolute atomic E-state index is 10.0. The Morgan fingerprint density at radius 2 is 1.95 bits per heavy atom. The topological polar surface area (TPSA) is 45.6 Å². The molecule has 2 rings (SSSR count). The zero-order valence-corrected chi connectivity index (χ0v) is 12.8. The van der Waals surface area contributed by atoms with E-state index in [0.29, 0.717) is 0 Å². The van der Waals surface area contributed by atoms with Gasteiger partial charge in [0.1, 0.15) is 5.75 Å². The first-order chi connectivity index (χ1) is 10.1. The Bertz CT molecular complexity index is 570. The van der Waals surface area contributed by atoms with E-state index in [2.05, 4.69) is 9.88 Å². The lowest BCUT2D eigenvalue weighted by atomic mass is 10.1. The molecular formula is C17H22N2O2. The molecule has 0 aliphatic heterocycles. The zero-order chi connectivity index (χ0) is 15.2. The van der Waals surface area contributed by atoms with Gasteiger partial charge in [0.25, 0.3) is 0 Å². The number of methoxy groups -OCH3 is 1. The number of ether oxygens (including phenoxy) is 1. The molecule has 0 amide bonds. The number of rotatable bonds is 6. The highest BCUT2D eigenvalue weighted by Gasteiger charge is 2.16. The molecule has 1 unspecified atom stereocenters. The number of hydrogen-bond donors (Lipinski definition) is 1. The molecule has 21 heavy (non-hydrogen) atoms. The second kappa shape index (κ2) is 7.09. The standard InChI is InChI=1S/C17H22N2O2/c1-13(20)17-15(5-4-6-16(17)21-3)19(2)12-9-14-7-10-18-11-8-14/h4-8,10-11,13,20H,9,12H2,1-3H3. The Morgan fingerprint density at radius 3 is 2.57 bits per heavy atom. The van der Waals surface area contributed by atoms with Gasteiger partial charge in [-0.1, -0.05) is 6.07 Å². The number of likely N-dealkylation sites (N-methyl/N-ethyl adjacent to an activating group) is 1. The van der Waals surface area contributed by atoms with Crippen molar-refractivity contribution in [1.82, 2.24) is 4.98 Å². The van der Waals surface area contributed by atoms with E-state index in [1.807, 2.05) is 49.8 Å². The Morgan fingerprint density at radius 1 is 1.24 bits per heavy atom. The van der Waals surface area contributed by atoms with Gasteiger partial charge in [-0.15, -0.1) is 0 Å². The summed E-state index contributed by atoms with van der Waals surface area (Å²) >= 11 is 0. The summed E-state index contributed by atoms with van der Waals surface area (Å²) in [6, 6.07) is 9.88. The van der Waals surface area contributed by atoms with Crippen LogP contribution in [0.15, 0.2) is 42.7 Å². The molecule has 0 radical (unpaired) electrons. The number of pyridine rings is 1. The molecule has 0 aliphatic carbocycles. The molecule has 0 saturated carbocycles. The highest BCUT2D eigenvalue weighted by Crippen LogP contribution is 2.34. The van der Waals surface area contributed by atoms with E-state index in [1.54, 1.807) is 14.0 Å². The summed E-state index contributed by atoms with van der Waals surface area (Å²) in [7, 11) is 3.66. The van der Waals surface area contributed by atoms with Crippen molar-refractivity contribution < 1.29 is 9.84 Å². The van der Waals surface area contributed by atoms with Gasteiger partial charge in [0, 0.05) is 37.2 Å². The van der Waals surface area contributed by atoms with Gasteiger partial charge >= 0.3 is 0 Å². The van der Waals surface area contributed by atoms with Crippen LogP contribution in [-0.4, -0.2) is 30.8 Å². The lowest BCUT2D eigenvalue weighted by molar-refractivity contribution is 0.194. The van der Waals surface area contributed by atoms with Crippen LogP contribution >= 0.6 is 0 Å². The van der Waals surface area contributed by atoms with Crippen molar-refractivity contribution in [2.45, 2.75) is 19.4 Å². The maximum atomic E-state index is 10.0. The molecule has 1 aromatic heterocycles. The monoisotopic (exact) mass is 286 g/mol. The molecule has 1 heterocycles. The largest absolute Gasteiger partial charge is 0.496 e. The molecule has 2 aromatic rings. The fourth-order valence-corrected chi connectivity index (χ4v) is 2.43. The first kappa shape index (κ1) is 15.3. The van der Waals surface area contributed by atoms with E-state index in [1.165, 1.54) is 5.56 Å². The molecule has 4 heteroatoms. The number of anilines is 1. The number of nitrogens with zero attached hydrogens (tertiary/aromatic N) is 2. The van der Waals surface area contributed by atoms with Gasteiger partial charge in [-0.25, -0.2) is 0 Å². The predicted molar refractivity (Wildman–Crippen MR) is 84.8 cm³/mol. The van der Waals surface area contributed by atoms with E-state index in [0.717, 1.165) is 30.0 Å². The highest BCUT2D eigenvalue weighted by atomic mass is 16.5. The van der Waals surface area contributed by atoms with Crippen LogP contribution in [0.25, 0.3) is 0 Å². The van der Waals surface area contributed by atoms with Gasteiger partial charge in [0.05, 0.1) is 13.2 Å². The van der Waals surface area contributed by atoms with Crippen LogP contribution in [0.4, 0.5) is 5.69 Å². The van der Waals surface area contributed by atoms with Gasteiger partial charge in [-0.2, -0.15) is 0 Å². The van der Waals surface area contributed by atoms with Crippen molar-refractivity contribution in [3.05, 3.63) is 53.9 Å². The molecule has 112 valence electrons. The summed E-state index contributed by atoms with van der Waals surface area (Å²) in [5.41, 5.74) is 3.08. The van der Waals surface area contributed by atoms with Crippen molar-refractivity contribution in [2.24, 2.45) is 0 Å². The van der Waals surface area contributed by atoms with Crippen LogP contribution in [0, 0.1) is 0 Å². The van der Waals surface area contributed by atoms with Gasteiger partial charge in [0.15, 0.2) is 0 Å². The van der Waals surface area contributed by atoms with E-state index in [4.69, 9.17) is 4.74 Å². The molecule has 1 atom stereocenters. The maximum Gasteiger partial charge on any atom is 0.126 e. The van der Waals surface area contributed by atoms with Gasteiger partial charge in [-0.3, -0.25) is 4.98 Å². The smallest absolute Gasteiger partial charge is 0.126 e. The lowest BCUT2D eigenvalue weighted by Gasteiger charge is -2.25. The number of aliphatic hydroxyl groups excluding tert-OH is 1. The SMILES string of the molecule is COc1cccc(N(C)CCc2ccncc2)c1C(C)O. The van der Waals surface area contributed by atoms with E-state index in [9.17, 15) is 5.11 Å². The number of aromatic nitrogens is 1. The normalized spacial score (nSPS) is 12.0. The highest BCUT2D eigenvalue weighted by molar-refractivity contribution is 5.60. The van der Waals surface area contributed by atoms with Crippen LogP contribution in [0.2, 0.25) is 0 Å². The first-order valence-corrected chi connectivity index (χ1v) is 7.08. The Balaban J connectivity index is 2.17. The zero-order valence-electron chi connectivity index (χ0n) is 12.8. The van der Waals surface area contributed by atoms with Crippen molar-refractivity contribution >= 4 is 5.69 Å². The van der Waals surface area contributed by atoms with Crippen LogP contribution in [0.5, 0.6) is 5.75 Å². The molecule has 0 saturated heterocycles. The minimum Gasteiger partial charge on any atom is -0.496 e. The summed E-state index contributed by atoms with van der Waals surface area (Å²) in [4.78, 5) is 6.17. The quantitative estimate of drug-likeness (QED) is 0.887. The molecule has 1 aromatic carbocycles. The molecule has 4 nitrogen and oxygen atoms in total. The van der Waals surface area contributed by atoms with E-state index in [-0.39, 0.29) is 0 Å². The van der Waals surface area contributed by atoms with Gasteiger partial charge in [-0.05, 0) is 43.2 Å². The molecule has 0 aliphatic rings. The number of hydrogen-bond acceptors (Lipinski definition) is 4. The predicted octanol–water partition coefficient (Wildman–Crippen LogP) is 2.82. The second-order valence-electron chi connectivity index (χ2n) is 5.10. The third-order valence-electron chi connectivity index (χ3n) is 3.58. The van der Waals surface area contributed by atoms with Crippen molar-refractivity contribution in [2.75, 3.05) is 25.6 Å². The third kappa shape index (κ3) is 3.73. The third-order valence-corrected chi connectivity index (χ3v) is 3.58. The Kier molecular flexibility index (Phi) is 5.17. The first-order valence-electron chi connectivity index (χ1n) is 7.08. The Labute approximate surface area is 126 Å². The average Bonchev–Trinajstić information content (AvgIpc) is 2.52. The molecule has 0 bridgehead atoms. The summed E-state index contributed by atoms with van der Waals surface area (Å²) in [5, 5.41) is 10.0. The summed E-state index contributed by atoms with van der Waals surface area (Å²) < 4.78 is 5.37. The Hall–Kier alpha value is -2.07. The van der Waals surface area contributed by atoms with Crippen LogP contribution < -0.4 is 9.64 Å². The molecule has 0 fully saturated rings. The van der Waals surface area contributed by atoms with Crippen molar-refractivity contribution in [3.8, 4) is 5.75 Å². The van der Waals surface area contributed by atoms with E-state index >= 15 is 0 Å². The fraction of sp³-hybridized carbons (Fsp3) is 0.353. The molecular weight excluding hydrogens is 264 g/mol. The van der Waals surface area contributed by atoms with E-state index < -0.39 is 6.10 Å². The van der Waals surface area contributed by atoms with Gasteiger partial charge in [0.2, 0.25) is 0 Å². The van der Waals surface area contributed by atoms with Crippen molar-refractivity contribution in [3.63, 3.8) is 0 Å². The summed E-state index contributed by atoms with van der Waals surface area (Å²) in [5.74, 6) is 0.721. The minimum absolute atomic E-state index is 0.570. The van der Waals surface area contributed by atoms with Gasteiger partial charge < -0.3 is 14.7 Å². The summed E-state index contributed by atoms with van der Waals surface area (Å²) in [6.45, 7) is 2.62. The lowest BCUT2D eigenvalue weighted by Crippen LogP contribution is -2.22. The minimum atomic E-state index is -0.570. The van der Waals surface area contributed by atoms with Crippen LogP contribution in [0.1, 0.15) is 24.2 Å². The average molecular weight is 286 g/mol.